The number of amides is 1. The van der Waals surface area contributed by atoms with Crippen LogP contribution in [0.25, 0.3) is 0 Å². The zero-order valence-electron chi connectivity index (χ0n) is 15.3. The monoisotopic (exact) mass is 353 g/mol. The van der Waals surface area contributed by atoms with Crippen molar-refractivity contribution in [1.82, 2.24) is 0 Å². The number of carbonyl (C=O) groups is 1. The van der Waals surface area contributed by atoms with E-state index in [9.17, 15) is 15.0 Å². The minimum absolute atomic E-state index is 0.163. The molecule has 0 aromatic heterocycles. The molecule has 4 nitrogen and oxygen atoms in total. The minimum Gasteiger partial charge on any atom is -0.508 e. The number of phenolic OH excluding ortho intramolecular Hbond substituents is 1. The number of aromatic hydroxyl groups is 1. The summed E-state index contributed by atoms with van der Waals surface area (Å²) < 4.78 is 0. The molecule has 4 rings (SSSR count). The van der Waals surface area contributed by atoms with E-state index in [1.54, 1.807) is 6.07 Å². The maximum atomic E-state index is 11.6. The summed E-state index contributed by atoms with van der Waals surface area (Å²) in [6.45, 7) is 2.16. The van der Waals surface area contributed by atoms with E-state index in [1.165, 1.54) is 5.56 Å². The summed E-state index contributed by atoms with van der Waals surface area (Å²) in [5.74, 6) is 3.74. The standard InChI is InChI=1S/C22H27NO3/c1-3-22(26)9-7-18-16-5-4-13-10-15(24)11-14(12-19(23)25)20(13)17(16)6-8-21(18,22)2/h1,10-11,16-18,24,26H,4-9,12H2,2H3,(H2,23,25)/t16-,17+,18+,21?,22+/m1/s1. The molecule has 2 saturated carbocycles. The van der Waals surface area contributed by atoms with Gasteiger partial charge >= 0.3 is 0 Å². The van der Waals surface area contributed by atoms with Crippen molar-refractivity contribution in [3.05, 3.63) is 28.8 Å². The van der Waals surface area contributed by atoms with Gasteiger partial charge in [-0.25, -0.2) is 0 Å². The molecule has 1 amide bonds. The molecule has 2 fully saturated rings. The summed E-state index contributed by atoms with van der Waals surface area (Å²) in [4.78, 5) is 11.6. The van der Waals surface area contributed by atoms with Crippen LogP contribution in [0.5, 0.6) is 5.75 Å². The zero-order chi connectivity index (χ0) is 18.7. The second-order valence-electron chi connectivity index (χ2n) is 8.74. The van der Waals surface area contributed by atoms with Crippen molar-refractivity contribution in [2.24, 2.45) is 23.0 Å². The van der Waals surface area contributed by atoms with Crippen LogP contribution in [-0.2, 0) is 17.6 Å². The van der Waals surface area contributed by atoms with Gasteiger partial charge in [0.05, 0.1) is 6.42 Å². The molecule has 1 unspecified atom stereocenters. The van der Waals surface area contributed by atoms with Crippen molar-refractivity contribution in [1.29, 1.82) is 0 Å². The lowest BCUT2D eigenvalue weighted by molar-refractivity contribution is -0.117. The molecule has 4 heteroatoms. The maximum Gasteiger partial charge on any atom is 0.221 e. The SMILES string of the molecule is C#C[C@]1(O)CC[C@H]2[C@@H]3CCc4cc(O)cc(CC(N)=O)c4[C@H]3CCC21C. The Labute approximate surface area is 154 Å². The molecule has 0 radical (unpaired) electrons. The highest BCUT2D eigenvalue weighted by Crippen LogP contribution is 2.64. The number of rotatable bonds is 2. The summed E-state index contributed by atoms with van der Waals surface area (Å²) in [7, 11) is 0. The number of hydrogen-bond acceptors (Lipinski definition) is 3. The van der Waals surface area contributed by atoms with Crippen LogP contribution in [0.15, 0.2) is 12.1 Å². The third-order valence-corrected chi connectivity index (χ3v) is 7.65. The summed E-state index contributed by atoms with van der Waals surface area (Å²) in [6, 6.07) is 3.54. The van der Waals surface area contributed by atoms with Crippen LogP contribution in [0.3, 0.4) is 0 Å². The van der Waals surface area contributed by atoms with Crippen LogP contribution in [0.1, 0.15) is 61.6 Å². The topological polar surface area (TPSA) is 83.6 Å². The molecule has 1 aromatic carbocycles. The Bertz CT molecular complexity index is 810. The van der Waals surface area contributed by atoms with Crippen LogP contribution in [0.2, 0.25) is 0 Å². The molecule has 4 N–H and O–H groups in total. The Balaban J connectivity index is 1.76. The lowest BCUT2D eigenvalue weighted by atomic mass is 9.53. The van der Waals surface area contributed by atoms with E-state index in [2.05, 4.69) is 12.8 Å². The van der Waals surface area contributed by atoms with Gasteiger partial charge in [-0.2, -0.15) is 0 Å². The molecular weight excluding hydrogens is 326 g/mol. The molecule has 1 aromatic rings. The predicted molar refractivity (Wildman–Crippen MR) is 99.4 cm³/mol. The molecular formula is C22H27NO3. The van der Waals surface area contributed by atoms with Gasteiger partial charge in [0.1, 0.15) is 11.4 Å². The summed E-state index contributed by atoms with van der Waals surface area (Å²) in [5, 5.41) is 21.1. The molecule has 0 bridgehead atoms. The average Bonchev–Trinajstić information content (AvgIpc) is 2.86. The van der Waals surface area contributed by atoms with Gasteiger partial charge in [-0.1, -0.05) is 12.8 Å². The van der Waals surface area contributed by atoms with Gasteiger partial charge in [0.15, 0.2) is 0 Å². The van der Waals surface area contributed by atoms with Crippen LogP contribution < -0.4 is 5.73 Å². The number of hydrogen-bond donors (Lipinski definition) is 3. The van der Waals surface area contributed by atoms with E-state index in [-0.39, 0.29) is 23.5 Å². The van der Waals surface area contributed by atoms with Gasteiger partial charge in [0.25, 0.3) is 0 Å². The molecule has 3 aliphatic rings. The van der Waals surface area contributed by atoms with Gasteiger partial charge < -0.3 is 15.9 Å². The first-order valence-corrected chi connectivity index (χ1v) is 9.62. The summed E-state index contributed by atoms with van der Waals surface area (Å²) >= 11 is 0. The van der Waals surface area contributed by atoms with E-state index in [0.717, 1.165) is 43.2 Å². The fraction of sp³-hybridized carbons (Fsp3) is 0.591. The number of terminal acetylenes is 1. The van der Waals surface area contributed by atoms with Crippen molar-refractivity contribution in [3.8, 4) is 18.1 Å². The minimum atomic E-state index is -1.01. The fourth-order valence-corrected chi connectivity index (χ4v) is 6.40. The number of fused-ring (bicyclic) bond motifs is 5. The second-order valence-corrected chi connectivity index (χ2v) is 8.74. The van der Waals surface area contributed by atoms with Crippen molar-refractivity contribution in [3.63, 3.8) is 0 Å². The van der Waals surface area contributed by atoms with Crippen LogP contribution in [-0.4, -0.2) is 21.7 Å². The number of aliphatic hydroxyl groups is 1. The molecule has 26 heavy (non-hydrogen) atoms. The quantitative estimate of drug-likeness (QED) is 0.715. The van der Waals surface area contributed by atoms with Crippen molar-refractivity contribution < 1.29 is 15.0 Å². The average molecular weight is 353 g/mol. The van der Waals surface area contributed by atoms with E-state index in [0.29, 0.717) is 24.2 Å². The van der Waals surface area contributed by atoms with Crippen molar-refractivity contribution in [2.75, 3.05) is 0 Å². The Hall–Kier alpha value is -1.99. The molecule has 5 atom stereocenters. The number of benzene rings is 1. The van der Waals surface area contributed by atoms with E-state index in [4.69, 9.17) is 12.2 Å². The third-order valence-electron chi connectivity index (χ3n) is 7.65. The van der Waals surface area contributed by atoms with Gasteiger partial charge in [0.2, 0.25) is 5.91 Å². The zero-order valence-corrected chi connectivity index (χ0v) is 15.3. The summed E-state index contributed by atoms with van der Waals surface area (Å²) in [6.07, 6.45) is 11.3. The van der Waals surface area contributed by atoms with Crippen molar-refractivity contribution >= 4 is 5.91 Å². The van der Waals surface area contributed by atoms with Crippen LogP contribution in [0.4, 0.5) is 0 Å². The Morgan fingerprint density at radius 2 is 2.12 bits per heavy atom. The first-order valence-electron chi connectivity index (χ1n) is 9.62. The molecule has 0 heterocycles. The first kappa shape index (κ1) is 17.4. The smallest absolute Gasteiger partial charge is 0.221 e. The Kier molecular flexibility index (Phi) is 3.86. The number of phenols is 1. The van der Waals surface area contributed by atoms with Gasteiger partial charge in [-0.3, -0.25) is 4.79 Å². The first-order chi connectivity index (χ1) is 12.3. The molecule has 0 aliphatic heterocycles. The lowest BCUT2D eigenvalue weighted by Gasteiger charge is -2.52. The molecule has 0 spiro atoms. The Morgan fingerprint density at radius 3 is 2.81 bits per heavy atom. The van der Waals surface area contributed by atoms with Gasteiger partial charge in [-0.15, -0.1) is 6.42 Å². The number of primary amides is 1. The largest absolute Gasteiger partial charge is 0.508 e. The Morgan fingerprint density at radius 1 is 1.35 bits per heavy atom. The molecule has 138 valence electrons. The molecule has 0 saturated heterocycles. The van der Waals surface area contributed by atoms with E-state index in [1.807, 2.05) is 6.07 Å². The molecule has 3 aliphatic carbocycles. The predicted octanol–water partition coefficient (Wildman–Crippen LogP) is 2.64. The van der Waals surface area contributed by atoms with E-state index < -0.39 is 5.60 Å². The van der Waals surface area contributed by atoms with Crippen LogP contribution >= 0.6 is 0 Å². The number of carbonyl (C=O) groups excluding carboxylic acids is 1. The lowest BCUT2D eigenvalue weighted by Crippen LogP contribution is -2.50. The summed E-state index contributed by atoms with van der Waals surface area (Å²) in [5.41, 5.74) is 7.46. The normalized spacial score (nSPS) is 38.0. The van der Waals surface area contributed by atoms with Crippen LogP contribution in [0, 0.1) is 29.6 Å². The third kappa shape index (κ3) is 2.30. The number of nitrogens with two attached hydrogens (primary N) is 1. The highest BCUT2D eigenvalue weighted by Gasteiger charge is 2.61. The highest BCUT2D eigenvalue weighted by atomic mass is 16.3. The van der Waals surface area contributed by atoms with Crippen molar-refractivity contribution in [2.45, 2.75) is 63.4 Å². The van der Waals surface area contributed by atoms with Gasteiger partial charge in [0, 0.05) is 5.41 Å². The number of aryl methyl sites for hydroxylation is 1. The van der Waals surface area contributed by atoms with Gasteiger partial charge in [-0.05, 0) is 85.1 Å². The highest BCUT2D eigenvalue weighted by molar-refractivity contribution is 5.77. The maximum absolute atomic E-state index is 11.6. The van der Waals surface area contributed by atoms with E-state index >= 15 is 0 Å². The second kappa shape index (κ2) is 5.76. The fourth-order valence-electron chi connectivity index (χ4n) is 6.40.